The molecule has 2 aromatic heterocycles. The molecule has 0 unspecified atom stereocenters. The van der Waals surface area contributed by atoms with Gasteiger partial charge in [-0.3, -0.25) is 9.88 Å². The largest absolute Gasteiger partial charge is 0.443 e. The van der Waals surface area contributed by atoms with Gasteiger partial charge >= 0.3 is 6.09 Å². The summed E-state index contributed by atoms with van der Waals surface area (Å²) in [5.74, 6) is -0.471. The van der Waals surface area contributed by atoms with Crippen LogP contribution in [0.3, 0.4) is 0 Å². The van der Waals surface area contributed by atoms with Crippen LogP contribution in [0.5, 0.6) is 0 Å². The van der Waals surface area contributed by atoms with Crippen molar-refractivity contribution >= 4 is 11.8 Å². The maximum Gasteiger partial charge on any atom is 0.415 e. The van der Waals surface area contributed by atoms with Crippen molar-refractivity contribution < 1.29 is 13.9 Å². The van der Waals surface area contributed by atoms with Gasteiger partial charge in [-0.2, -0.15) is 5.10 Å². The van der Waals surface area contributed by atoms with Gasteiger partial charge in [0.15, 0.2) is 6.08 Å². The molecule has 0 saturated carbocycles. The molecule has 0 saturated heterocycles. The third-order valence-electron chi connectivity index (χ3n) is 3.02. The van der Waals surface area contributed by atoms with E-state index >= 15 is 0 Å². The molecule has 24 heavy (non-hydrogen) atoms. The Hall–Kier alpha value is -2.79. The molecular weight excluding hydrogens is 311 g/mol. The lowest BCUT2D eigenvalue weighted by Gasteiger charge is -2.25. The molecule has 2 aromatic rings. The van der Waals surface area contributed by atoms with Gasteiger partial charge in [0.25, 0.3) is 0 Å². The smallest absolute Gasteiger partial charge is 0.415 e. The number of anilines is 1. The summed E-state index contributed by atoms with van der Waals surface area (Å²) in [6.45, 7) is 12.7. The second-order valence-electron chi connectivity index (χ2n) is 6.23. The third kappa shape index (κ3) is 4.14. The van der Waals surface area contributed by atoms with Crippen molar-refractivity contribution in [3.63, 3.8) is 0 Å². The van der Waals surface area contributed by atoms with E-state index in [1.807, 2.05) is 0 Å². The van der Waals surface area contributed by atoms with Crippen molar-refractivity contribution in [2.24, 2.45) is 0 Å². The normalized spacial score (nSPS) is 11.2. The number of carbonyl (C=O) groups is 1. The van der Waals surface area contributed by atoms with Crippen LogP contribution in [0.1, 0.15) is 26.5 Å². The summed E-state index contributed by atoms with van der Waals surface area (Å²) >= 11 is 0. The Bertz CT molecular complexity index is 749. The van der Waals surface area contributed by atoms with Crippen LogP contribution in [0, 0.1) is 19.3 Å². The zero-order chi connectivity index (χ0) is 17.9. The zero-order valence-corrected chi connectivity index (χ0v) is 14.2. The quantitative estimate of drug-likeness (QED) is 0.805. The summed E-state index contributed by atoms with van der Waals surface area (Å²) in [5.41, 5.74) is 0.910. The lowest BCUT2D eigenvalue weighted by atomic mass is 10.2. The van der Waals surface area contributed by atoms with Crippen LogP contribution < -0.4 is 4.90 Å². The summed E-state index contributed by atoms with van der Waals surface area (Å²) in [4.78, 5) is 17.6. The van der Waals surface area contributed by atoms with Crippen LogP contribution in [0.2, 0.25) is 0 Å². The van der Waals surface area contributed by atoms with E-state index in [0.29, 0.717) is 17.1 Å². The van der Waals surface area contributed by atoms with E-state index in [1.54, 1.807) is 33.9 Å². The highest BCUT2D eigenvalue weighted by molar-refractivity contribution is 5.88. The minimum atomic E-state index is -0.639. The number of rotatable bonds is 4. The average molecular weight is 331 g/mol. The van der Waals surface area contributed by atoms with Gasteiger partial charge < -0.3 is 4.74 Å². The number of hydrogen-bond acceptors (Lipinski definition) is 4. The lowest BCUT2D eigenvalue weighted by molar-refractivity contribution is 0.0584. The first kappa shape index (κ1) is 17.6. The first-order chi connectivity index (χ1) is 11.2. The topological polar surface area (TPSA) is 60.2 Å². The van der Waals surface area contributed by atoms with E-state index in [2.05, 4.69) is 10.1 Å². The highest BCUT2D eigenvalue weighted by Crippen LogP contribution is 2.23. The lowest BCUT2D eigenvalue weighted by Crippen LogP contribution is -2.37. The third-order valence-corrected chi connectivity index (χ3v) is 3.02. The Morgan fingerprint density at radius 3 is 2.75 bits per heavy atom. The summed E-state index contributed by atoms with van der Waals surface area (Å²) in [6.07, 6.45) is 5.01. The minimum Gasteiger partial charge on any atom is -0.443 e. The first-order valence-corrected chi connectivity index (χ1v) is 7.42. The van der Waals surface area contributed by atoms with Crippen molar-refractivity contribution in [3.05, 3.63) is 48.8 Å². The van der Waals surface area contributed by atoms with Crippen molar-refractivity contribution in [2.45, 2.75) is 33.3 Å². The Morgan fingerprint density at radius 2 is 2.17 bits per heavy atom. The molecule has 0 aromatic carbocycles. The molecule has 126 valence electrons. The molecule has 0 aliphatic heterocycles. The maximum atomic E-state index is 13.3. The molecule has 2 rings (SSSR count). The van der Waals surface area contributed by atoms with Gasteiger partial charge in [-0.1, -0.05) is 0 Å². The monoisotopic (exact) mass is 331 g/mol. The minimum absolute atomic E-state index is 0.156. The van der Waals surface area contributed by atoms with Crippen LogP contribution >= 0.6 is 0 Å². The van der Waals surface area contributed by atoms with Crippen molar-refractivity contribution in [2.75, 3.05) is 11.4 Å². The summed E-state index contributed by atoms with van der Waals surface area (Å²) in [6, 6.07) is 1.30. The van der Waals surface area contributed by atoms with E-state index < -0.39 is 17.5 Å². The number of hydrogen-bond donors (Lipinski definition) is 0. The zero-order valence-electron chi connectivity index (χ0n) is 14.2. The van der Waals surface area contributed by atoms with E-state index in [-0.39, 0.29) is 6.54 Å². The fraction of sp³-hybridized carbons (Fsp3) is 0.353. The van der Waals surface area contributed by atoms with Crippen LogP contribution in [0.15, 0.2) is 30.7 Å². The van der Waals surface area contributed by atoms with Crippen LogP contribution in [-0.4, -0.2) is 33.0 Å². The van der Waals surface area contributed by atoms with E-state index in [9.17, 15) is 9.18 Å². The second kappa shape index (κ2) is 6.76. The molecule has 0 bridgehead atoms. The maximum absolute atomic E-state index is 13.3. The van der Waals surface area contributed by atoms with Gasteiger partial charge in [0, 0.05) is 6.07 Å². The van der Waals surface area contributed by atoms with E-state index in [0.717, 1.165) is 6.20 Å². The van der Waals surface area contributed by atoms with Gasteiger partial charge in [-0.25, -0.2) is 13.9 Å². The fourth-order valence-corrected chi connectivity index (χ4v) is 2.07. The van der Waals surface area contributed by atoms with Crippen molar-refractivity contribution in [3.8, 4) is 5.69 Å². The van der Waals surface area contributed by atoms with Gasteiger partial charge in [0.2, 0.25) is 6.58 Å². The predicted octanol–water partition coefficient (Wildman–Crippen LogP) is 3.45. The molecular formula is C17H20FN4O2+. The molecule has 6 nitrogen and oxygen atoms in total. The standard InChI is InChI=1S/C17H20FN4O2/c1-6-7-21(16(23)24-17(3,4)5)15-11-22(20-12(15)2)14-8-13(18)9-19-10-14/h1,6,8-11H,7H2,2-5H3/q+1. The average Bonchev–Trinajstić information content (AvgIpc) is 2.84. The molecule has 1 amide bonds. The second-order valence-corrected chi connectivity index (χ2v) is 6.23. The van der Waals surface area contributed by atoms with E-state index in [4.69, 9.17) is 11.3 Å². The molecule has 0 atom stereocenters. The Balaban J connectivity index is 2.37. The molecule has 2 heterocycles. The number of ether oxygens (including phenoxy) is 1. The number of carbonyl (C=O) groups excluding carboxylic acids is 1. The van der Waals surface area contributed by atoms with Gasteiger partial charge in [-0.15, -0.1) is 0 Å². The Kier molecular flexibility index (Phi) is 4.95. The van der Waals surface area contributed by atoms with Crippen molar-refractivity contribution in [1.82, 2.24) is 14.8 Å². The van der Waals surface area contributed by atoms with Gasteiger partial charge in [0.1, 0.15) is 11.4 Å². The van der Waals surface area contributed by atoms with E-state index in [1.165, 1.54) is 27.9 Å². The number of nitrogens with zero attached hydrogens (tertiary/aromatic N) is 4. The molecule has 0 N–H and O–H groups in total. The van der Waals surface area contributed by atoms with Crippen LogP contribution in [0.4, 0.5) is 14.9 Å². The molecule has 0 radical (unpaired) electrons. The molecule has 0 spiro atoms. The van der Waals surface area contributed by atoms with Crippen LogP contribution in [0.25, 0.3) is 5.69 Å². The Labute approximate surface area is 140 Å². The first-order valence-electron chi connectivity index (χ1n) is 7.42. The highest BCUT2D eigenvalue weighted by atomic mass is 19.1. The number of pyridine rings is 1. The molecule has 0 aliphatic rings. The Morgan fingerprint density at radius 1 is 1.46 bits per heavy atom. The SMILES string of the molecule is [CH+]=CCN(C(=O)OC(C)(C)C)c1cn(-c2cncc(F)c2)nc1C. The summed E-state index contributed by atoms with van der Waals surface area (Å²) < 4.78 is 20.2. The van der Waals surface area contributed by atoms with Gasteiger partial charge in [-0.05, 0) is 27.7 Å². The summed E-state index contributed by atoms with van der Waals surface area (Å²) in [5, 5.41) is 4.31. The van der Waals surface area contributed by atoms with Crippen LogP contribution in [-0.2, 0) is 4.74 Å². The molecule has 0 aliphatic carbocycles. The molecule has 0 fully saturated rings. The van der Waals surface area contributed by atoms with Gasteiger partial charge in [0.05, 0.1) is 42.2 Å². The number of aryl methyl sites for hydroxylation is 1. The predicted molar refractivity (Wildman–Crippen MR) is 88.5 cm³/mol. The van der Waals surface area contributed by atoms with Crippen molar-refractivity contribution in [1.29, 1.82) is 0 Å². The number of aromatic nitrogens is 3. The molecule has 7 heteroatoms. The highest BCUT2D eigenvalue weighted by Gasteiger charge is 2.26. The summed E-state index contributed by atoms with van der Waals surface area (Å²) in [7, 11) is 0. The number of halogens is 1. The fourth-order valence-electron chi connectivity index (χ4n) is 2.07. The number of amides is 1.